The van der Waals surface area contributed by atoms with Crippen molar-refractivity contribution in [2.45, 2.75) is 6.04 Å². The molecule has 0 unspecified atom stereocenters. The zero-order valence-electron chi connectivity index (χ0n) is 12.5. The molecule has 0 spiro atoms. The van der Waals surface area contributed by atoms with Crippen LogP contribution in [-0.2, 0) is 0 Å². The Morgan fingerprint density at radius 3 is 2.00 bits per heavy atom. The second-order valence-electron chi connectivity index (χ2n) is 5.13. The summed E-state index contributed by atoms with van der Waals surface area (Å²) in [6.07, 6.45) is 0. The zero-order chi connectivity index (χ0) is 15.9. The summed E-state index contributed by atoms with van der Waals surface area (Å²) < 4.78 is 1.06. The fourth-order valence-electron chi connectivity index (χ4n) is 2.24. The molecule has 0 fully saturated rings. The maximum Gasteiger partial charge on any atom is 0.114 e. The molecule has 0 aliphatic rings. The summed E-state index contributed by atoms with van der Waals surface area (Å²) in [5.41, 5.74) is 3.22. The number of para-hydroxylation sites is 1. The van der Waals surface area contributed by atoms with Crippen LogP contribution in [0.15, 0.2) is 89.4 Å². The molecular formula is C21H16BrN. The first kappa shape index (κ1) is 15.4. The molecule has 2 heteroatoms. The van der Waals surface area contributed by atoms with Crippen LogP contribution in [0.25, 0.3) is 0 Å². The molecule has 0 saturated heterocycles. The summed E-state index contributed by atoms with van der Waals surface area (Å²) in [4.78, 5) is 0. The summed E-state index contributed by atoms with van der Waals surface area (Å²) in [5, 5.41) is 3.49. The lowest BCUT2D eigenvalue weighted by Gasteiger charge is -2.15. The van der Waals surface area contributed by atoms with Gasteiger partial charge in [-0.05, 0) is 42.0 Å². The van der Waals surface area contributed by atoms with E-state index in [1.54, 1.807) is 0 Å². The number of rotatable bonds is 3. The predicted molar refractivity (Wildman–Crippen MR) is 100 cm³/mol. The standard InChI is InChI=1S/C21H16BrN/c22-19-14-11-17(12-15-19)13-16-21(18-7-3-1-4-8-18)23-20-9-5-2-6-10-20/h1-12,14-15,21,23H/t21-/m0/s1. The van der Waals surface area contributed by atoms with Gasteiger partial charge < -0.3 is 5.32 Å². The molecule has 0 aliphatic heterocycles. The minimum absolute atomic E-state index is 0.0535. The van der Waals surface area contributed by atoms with E-state index in [1.807, 2.05) is 60.7 Å². The van der Waals surface area contributed by atoms with E-state index in [4.69, 9.17) is 0 Å². The maximum atomic E-state index is 3.49. The van der Waals surface area contributed by atoms with Gasteiger partial charge in [-0.15, -0.1) is 0 Å². The summed E-state index contributed by atoms with van der Waals surface area (Å²) >= 11 is 3.45. The fraction of sp³-hybridized carbons (Fsp3) is 0.0476. The minimum atomic E-state index is -0.0535. The Labute approximate surface area is 145 Å². The first-order valence-corrected chi connectivity index (χ1v) is 8.24. The average Bonchev–Trinajstić information content (AvgIpc) is 2.61. The van der Waals surface area contributed by atoms with E-state index in [-0.39, 0.29) is 6.04 Å². The van der Waals surface area contributed by atoms with Gasteiger partial charge in [0.25, 0.3) is 0 Å². The van der Waals surface area contributed by atoms with Gasteiger partial charge in [0.15, 0.2) is 0 Å². The van der Waals surface area contributed by atoms with Crippen molar-refractivity contribution in [3.8, 4) is 11.8 Å². The molecule has 1 N–H and O–H groups in total. The molecule has 1 atom stereocenters. The highest BCUT2D eigenvalue weighted by Crippen LogP contribution is 2.19. The number of anilines is 1. The van der Waals surface area contributed by atoms with E-state index in [0.717, 1.165) is 21.3 Å². The third-order valence-corrected chi connectivity index (χ3v) is 3.95. The van der Waals surface area contributed by atoms with Crippen molar-refractivity contribution in [1.29, 1.82) is 0 Å². The van der Waals surface area contributed by atoms with E-state index in [2.05, 4.69) is 57.4 Å². The van der Waals surface area contributed by atoms with Gasteiger partial charge in [0, 0.05) is 15.7 Å². The Morgan fingerprint density at radius 2 is 1.35 bits per heavy atom. The molecule has 0 bridgehead atoms. The number of hydrogen-bond donors (Lipinski definition) is 1. The number of halogens is 1. The van der Waals surface area contributed by atoms with Crippen molar-refractivity contribution >= 4 is 21.6 Å². The Hall–Kier alpha value is -2.50. The molecular weight excluding hydrogens is 346 g/mol. The molecule has 0 radical (unpaired) electrons. The number of hydrogen-bond acceptors (Lipinski definition) is 1. The normalized spacial score (nSPS) is 11.2. The smallest absolute Gasteiger partial charge is 0.114 e. The van der Waals surface area contributed by atoms with Crippen molar-refractivity contribution in [2.75, 3.05) is 5.32 Å². The second-order valence-corrected chi connectivity index (χ2v) is 6.05. The van der Waals surface area contributed by atoms with Gasteiger partial charge in [0.05, 0.1) is 0 Å². The van der Waals surface area contributed by atoms with Crippen LogP contribution in [-0.4, -0.2) is 0 Å². The molecule has 3 aromatic rings. The van der Waals surface area contributed by atoms with Gasteiger partial charge in [0.1, 0.15) is 6.04 Å². The van der Waals surface area contributed by atoms with Crippen LogP contribution >= 0.6 is 15.9 Å². The average molecular weight is 362 g/mol. The quantitative estimate of drug-likeness (QED) is 0.594. The lowest BCUT2D eigenvalue weighted by Crippen LogP contribution is -2.08. The maximum absolute atomic E-state index is 3.49. The van der Waals surface area contributed by atoms with E-state index < -0.39 is 0 Å². The highest BCUT2D eigenvalue weighted by Gasteiger charge is 2.07. The Kier molecular flexibility index (Phi) is 5.13. The summed E-state index contributed by atoms with van der Waals surface area (Å²) in [6, 6.07) is 28.4. The first-order valence-electron chi connectivity index (χ1n) is 7.45. The van der Waals surface area contributed by atoms with Gasteiger partial charge in [-0.1, -0.05) is 76.3 Å². The fourth-order valence-corrected chi connectivity index (χ4v) is 2.50. The Morgan fingerprint density at radius 1 is 0.739 bits per heavy atom. The molecule has 1 nitrogen and oxygen atoms in total. The summed E-state index contributed by atoms with van der Waals surface area (Å²) in [6.45, 7) is 0. The van der Waals surface area contributed by atoms with Gasteiger partial charge in [-0.2, -0.15) is 0 Å². The summed E-state index contributed by atoms with van der Waals surface area (Å²) in [7, 11) is 0. The van der Waals surface area contributed by atoms with Crippen LogP contribution in [0.2, 0.25) is 0 Å². The van der Waals surface area contributed by atoms with Gasteiger partial charge >= 0.3 is 0 Å². The van der Waals surface area contributed by atoms with Crippen molar-refractivity contribution in [2.24, 2.45) is 0 Å². The van der Waals surface area contributed by atoms with Crippen molar-refractivity contribution < 1.29 is 0 Å². The minimum Gasteiger partial charge on any atom is -0.368 e. The van der Waals surface area contributed by atoms with Crippen LogP contribution in [0.3, 0.4) is 0 Å². The Balaban J connectivity index is 1.88. The Bertz CT molecular complexity index is 799. The van der Waals surface area contributed by atoms with Crippen LogP contribution in [0, 0.1) is 11.8 Å². The van der Waals surface area contributed by atoms with Crippen LogP contribution in [0.1, 0.15) is 17.2 Å². The highest BCUT2D eigenvalue weighted by molar-refractivity contribution is 9.10. The molecule has 0 saturated carbocycles. The van der Waals surface area contributed by atoms with Gasteiger partial charge in [-0.3, -0.25) is 0 Å². The summed E-state index contributed by atoms with van der Waals surface area (Å²) in [5.74, 6) is 6.60. The van der Waals surface area contributed by atoms with Crippen molar-refractivity contribution in [3.63, 3.8) is 0 Å². The number of nitrogens with one attached hydrogen (secondary N) is 1. The lowest BCUT2D eigenvalue weighted by atomic mass is 10.1. The highest BCUT2D eigenvalue weighted by atomic mass is 79.9. The van der Waals surface area contributed by atoms with Crippen LogP contribution in [0.4, 0.5) is 5.69 Å². The molecule has 23 heavy (non-hydrogen) atoms. The van der Waals surface area contributed by atoms with E-state index >= 15 is 0 Å². The van der Waals surface area contributed by atoms with Gasteiger partial charge in [0.2, 0.25) is 0 Å². The predicted octanol–water partition coefficient (Wildman–Crippen LogP) is 5.65. The third kappa shape index (κ3) is 4.48. The molecule has 3 aromatic carbocycles. The molecule has 112 valence electrons. The lowest BCUT2D eigenvalue weighted by molar-refractivity contribution is 1.02. The zero-order valence-corrected chi connectivity index (χ0v) is 14.1. The molecule has 3 rings (SSSR count). The van der Waals surface area contributed by atoms with Crippen molar-refractivity contribution in [1.82, 2.24) is 0 Å². The monoisotopic (exact) mass is 361 g/mol. The molecule has 0 heterocycles. The SMILES string of the molecule is Brc1ccc(C#C[C@H](Nc2ccccc2)c2ccccc2)cc1. The third-order valence-electron chi connectivity index (χ3n) is 3.42. The molecule has 0 aliphatic carbocycles. The molecule has 0 aromatic heterocycles. The van der Waals surface area contributed by atoms with E-state index in [1.165, 1.54) is 0 Å². The van der Waals surface area contributed by atoms with Gasteiger partial charge in [-0.25, -0.2) is 0 Å². The first-order chi connectivity index (χ1) is 11.3. The van der Waals surface area contributed by atoms with E-state index in [0.29, 0.717) is 0 Å². The molecule has 0 amide bonds. The topological polar surface area (TPSA) is 12.0 Å². The largest absolute Gasteiger partial charge is 0.368 e. The van der Waals surface area contributed by atoms with Crippen LogP contribution < -0.4 is 5.32 Å². The number of benzene rings is 3. The van der Waals surface area contributed by atoms with Crippen LogP contribution in [0.5, 0.6) is 0 Å². The van der Waals surface area contributed by atoms with Crippen molar-refractivity contribution in [3.05, 3.63) is 101 Å². The van der Waals surface area contributed by atoms with E-state index in [9.17, 15) is 0 Å². The second kappa shape index (κ2) is 7.67.